The van der Waals surface area contributed by atoms with Crippen LogP contribution in [0.2, 0.25) is 5.02 Å². The van der Waals surface area contributed by atoms with Crippen LogP contribution in [0, 0.1) is 0 Å². The second-order valence-electron chi connectivity index (χ2n) is 4.86. The van der Waals surface area contributed by atoms with Crippen molar-refractivity contribution in [2.45, 2.75) is 12.5 Å². The van der Waals surface area contributed by atoms with Crippen molar-refractivity contribution in [3.63, 3.8) is 0 Å². The fourth-order valence-electron chi connectivity index (χ4n) is 2.03. The molecule has 5 nitrogen and oxygen atoms in total. The van der Waals surface area contributed by atoms with Crippen LogP contribution in [0.5, 0.6) is 0 Å². The number of amides is 1. The predicted octanol–water partition coefficient (Wildman–Crippen LogP) is 2.80. The lowest BCUT2D eigenvalue weighted by molar-refractivity contribution is -0.137. The Kier molecular flexibility index (Phi) is 5.49. The molecular formula is C17H14ClNO4. The number of carboxylic acids is 1. The highest BCUT2D eigenvalue weighted by Crippen LogP contribution is 2.11. The van der Waals surface area contributed by atoms with Crippen LogP contribution in [0.15, 0.2) is 54.6 Å². The zero-order valence-corrected chi connectivity index (χ0v) is 12.8. The van der Waals surface area contributed by atoms with Gasteiger partial charge in [-0.1, -0.05) is 41.9 Å². The number of benzene rings is 2. The second kappa shape index (κ2) is 7.56. The predicted molar refractivity (Wildman–Crippen MR) is 85.7 cm³/mol. The van der Waals surface area contributed by atoms with Gasteiger partial charge in [-0.2, -0.15) is 0 Å². The molecule has 0 saturated heterocycles. The maximum Gasteiger partial charge on any atom is 0.305 e. The van der Waals surface area contributed by atoms with Gasteiger partial charge in [0.25, 0.3) is 5.91 Å². The van der Waals surface area contributed by atoms with Crippen molar-refractivity contribution in [2.24, 2.45) is 0 Å². The van der Waals surface area contributed by atoms with Crippen LogP contribution in [-0.4, -0.2) is 28.8 Å². The van der Waals surface area contributed by atoms with Crippen LogP contribution in [0.25, 0.3) is 0 Å². The minimum absolute atomic E-state index is 0.297. The standard InChI is InChI=1S/C17H14ClNO4/c18-13-8-6-12(7-9-13)17(23)19-14(10-15(20)21)16(22)11-4-2-1-3-5-11/h1-9,14H,10H2,(H,19,23)(H,20,21). The molecule has 0 fully saturated rings. The molecule has 2 rings (SSSR count). The third-order valence-electron chi connectivity index (χ3n) is 3.17. The average Bonchev–Trinajstić information content (AvgIpc) is 2.54. The molecule has 1 amide bonds. The van der Waals surface area contributed by atoms with Gasteiger partial charge in [-0.3, -0.25) is 14.4 Å². The molecule has 0 spiro atoms. The van der Waals surface area contributed by atoms with Gasteiger partial charge in [0, 0.05) is 16.1 Å². The van der Waals surface area contributed by atoms with Crippen LogP contribution < -0.4 is 5.32 Å². The number of rotatable bonds is 6. The summed E-state index contributed by atoms with van der Waals surface area (Å²) in [5, 5.41) is 11.9. The lowest BCUT2D eigenvalue weighted by atomic mass is 10.0. The Morgan fingerprint density at radius 3 is 2.13 bits per heavy atom. The van der Waals surface area contributed by atoms with E-state index in [2.05, 4.69) is 5.32 Å². The Balaban J connectivity index is 2.18. The Hall–Kier alpha value is -2.66. The van der Waals surface area contributed by atoms with Crippen LogP contribution in [-0.2, 0) is 4.79 Å². The summed E-state index contributed by atoms with van der Waals surface area (Å²) in [6.07, 6.45) is -0.493. The van der Waals surface area contributed by atoms with Gasteiger partial charge >= 0.3 is 5.97 Å². The number of carbonyl (C=O) groups is 3. The second-order valence-corrected chi connectivity index (χ2v) is 5.30. The number of hydrogen-bond donors (Lipinski definition) is 2. The first kappa shape index (κ1) is 16.7. The summed E-state index contributed by atoms with van der Waals surface area (Å²) in [6, 6.07) is 13.2. The summed E-state index contributed by atoms with van der Waals surface area (Å²) in [6.45, 7) is 0. The van der Waals surface area contributed by atoms with E-state index >= 15 is 0 Å². The van der Waals surface area contributed by atoms with Crippen molar-refractivity contribution in [1.82, 2.24) is 5.32 Å². The smallest absolute Gasteiger partial charge is 0.305 e. The van der Waals surface area contributed by atoms with Crippen LogP contribution in [0.1, 0.15) is 27.1 Å². The van der Waals surface area contributed by atoms with Crippen molar-refractivity contribution in [3.8, 4) is 0 Å². The number of nitrogens with one attached hydrogen (secondary N) is 1. The van der Waals surface area contributed by atoms with Gasteiger partial charge in [0.05, 0.1) is 6.42 Å². The van der Waals surface area contributed by atoms with Crippen molar-refractivity contribution in [2.75, 3.05) is 0 Å². The zero-order chi connectivity index (χ0) is 16.8. The Bertz CT molecular complexity index is 713. The van der Waals surface area contributed by atoms with Crippen molar-refractivity contribution < 1.29 is 19.5 Å². The molecular weight excluding hydrogens is 318 g/mol. The van der Waals surface area contributed by atoms with E-state index in [-0.39, 0.29) is 0 Å². The van der Waals surface area contributed by atoms with Gasteiger partial charge in [0.1, 0.15) is 6.04 Å². The van der Waals surface area contributed by atoms with E-state index in [1.807, 2.05) is 0 Å². The lowest BCUT2D eigenvalue weighted by Crippen LogP contribution is -2.42. The molecule has 6 heteroatoms. The van der Waals surface area contributed by atoms with Crippen LogP contribution in [0.3, 0.4) is 0 Å². The number of aliphatic carboxylic acids is 1. The molecule has 1 atom stereocenters. The normalized spacial score (nSPS) is 11.5. The summed E-state index contributed by atoms with van der Waals surface area (Å²) >= 11 is 5.76. The molecule has 0 saturated carbocycles. The first-order valence-corrected chi connectivity index (χ1v) is 7.22. The van der Waals surface area contributed by atoms with Crippen LogP contribution in [0.4, 0.5) is 0 Å². The van der Waals surface area contributed by atoms with Crippen molar-refractivity contribution in [3.05, 3.63) is 70.7 Å². The highest BCUT2D eigenvalue weighted by molar-refractivity contribution is 6.30. The average molecular weight is 332 g/mol. The molecule has 0 radical (unpaired) electrons. The third-order valence-corrected chi connectivity index (χ3v) is 3.42. The third kappa shape index (κ3) is 4.66. The van der Waals surface area contributed by atoms with Gasteiger partial charge < -0.3 is 10.4 Å². The monoisotopic (exact) mass is 331 g/mol. The zero-order valence-electron chi connectivity index (χ0n) is 12.0. The number of ketones is 1. The molecule has 0 aliphatic rings. The summed E-state index contributed by atoms with van der Waals surface area (Å²) < 4.78 is 0. The molecule has 0 aliphatic carbocycles. The number of halogens is 1. The topological polar surface area (TPSA) is 83.5 Å². The fraction of sp³-hybridized carbons (Fsp3) is 0.118. The van der Waals surface area contributed by atoms with E-state index < -0.39 is 30.1 Å². The van der Waals surface area contributed by atoms with Crippen molar-refractivity contribution >= 4 is 29.3 Å². The van der Waals surface area contributed by atoms with E-state index in [0.29, 0.717) is 16.1 Å². The Labute approximate surface area is 137 Å². The lowest BCUT2D eigenvalue weighted by Gasteiger charge is -2.16. The summed E-state index contributed by atoms with van der Waals surface area (Å²) in [5.41, 5.74) is 0.640. The van der Waals surface area contributed by atoms with E-state index in [1.54, 1.807) is 42.5 Å². The van der Waals surface area contributed by atoms with Gasteiger partial charge in [-0.25, -0.2) is 0 Å². The largest absolute Gasteiger partial charge is 0.481 e. The molecule has 0 bridgehead atoms. The minimum Gasteiger partial charge on any atom is -0.481 e. The molecule has 23 heavy (non-hydrogen) atoms. The first-order chi connectivity index (χ1) is 11.0. The summed E-state index contributed by atoms with van der Waals surface area (Å²) in [7, 11) is 0. The van der Waals surface area contributed by atoms with Gasteiger partial charge in [0.15, 0.2) is 5.78 Å². The summed E-state index contributed by atoms with van der Waals surface area (Å²) in [5.74, 6) is -2.15. The van der Waals surface area contributed by atoms with Gasteiger partial charge in [-0.15, -0.1) is 0 Å². The maximum atomic E-state index is 12.4. The molecule has 2 aromatic carbocycles. The minimum atomic E-state index is -1.17. The molecule has 2 aromatic rings. The SMILES string of the molecule is O=C(O)CC(NC(=O)c1ccc(Cl)cc1)C(=O)c1ccccc1. The highest BCUT2D eigenvalue weighted by atomic mass is 35.5. The molecule has 2 N–H and O–H groups in total. The number of carbonyl (C=O) groups excluding carboxylic acids is 2. The van der Waals surface area contributed by atoms with E-state index in [1.165, 1.54) is 12.1 Å². The molecule has 118 valence electrons. The fourth-order valence-corrected chi connectivity index (χ4v) is 2.16. The maximum absolute atomic E-state index is 12.4. The number of Topliss-reactive ketones (excluding diaryl/α,β-unsaturated/α-hetero) is 1. The molecule has 0 heterocycles. The van der Waals surface area contributed by atoms with Gasteiger partial charge in [-0.05, 0) is 24.3 Å². The quantitative estimate of drug-likeness (QED) is 0.797. The van der Waals surface area contributed by atoms with E-state index in [9.17, 15) is 14.4 Å². The molecule has 1 unspecified atom stereocenters. The Morgan fingerprint density at radius 1 is 0.957 bits per heavy atom. The van der Waals surface area contributed by atoms with E-state index in [4.69, 9.17) is 16.7 Å². The first-order valence-electron chi connectivity index (χ1n) is 6.85. The Morgan fingerprint density at radius 2 is 1.57 bits per heavy atom. The number of hydrogen-bond acceptors (Lipinski definition) is 3. The molecule has 0 aliphatic heterocycles. The van der Waals surface area contributed by atoms with Gasteiger partial charge in [0.2, 0.25) is 0 Å². The van der Waals surface area contributed by atoms with Crippen molar-refractivity contribution in [1.29, 1.82) is 0 Å². The molecule has 0 aromatic heterocycles. The summed E-state index contributed by atoms with van der Waals surface area (Å²) in [4.78, 5) is 35.6. The van der Waals surface area contributed by atoms with Crippen LogP contribution >= 0.6 is 11.6 Å². The highest BCUT2D eigenvalue weighted by Gasteiger charge is 2.25. The number of carboxylic acid groups (broad SMARTS) is 1. The van der Waals surface area contributed by atoms with E-state index in [0.717, 1.165) is 0 Å².